The summed E-state index contributed by atoms with van der Waals surface area (Å²) in [5, 5.41) is 8.38. The van der Waals surface area contributed by atoms with E-state index in [-0.39, 0.29) is 18.0 Å². The summed E-state index contributed by atoms with van der Waals surface area (Å²) in [6, 6.07) is 10.8. The van der Waals surface area contributed by atoms with E-state index < -0.39 is 0 Å². The Morgan fingerprint density at radius 3 is 2.48 bits per heavy atom. The van der Waals surface area contributed by atoms with Gasteiger partial charge in [-0.2, -0.15) is 5.10 Å². The summed E-state index contributed by atoms with van der Waals surface area (Å²) in [6.45, 7) is 8.69. The molecule has 1 amide bonds. The van der Waals surface area contributed by atoms with Gasteiger partial charge < -0.3 is 10.2 Å². The monoisotopic (exact) mass is 393 g/mol. The van der Waals surface area contributed by atoms with E-state index in [2.05, 4.69) is 65.3 Å². The second-order valence-corrected chi connectivity index (χ2v) is 8.00. The molecule has 2 aromatic heterocycles. The van der Waals surface area contributed by atoms with E-state index in [9.17, 15) is 4.79 Å². The van der Waals surface area contributed by atoms with Crippen molar-refractivity contribution < 1.29 is 4.79 Å². The maximum Gasteiger partial charge on any atom is 0.253 e. The number of pyridine rings is 1. The Morgan fingerprint density at radius 1 is 1.21 bits per heavy atom. The first-order valence-electron chi connectivity index (χ1n) is 10.2. The van der Waals surface area contributed by atoms with Crippen molar-refractivity contribution in [2.45, 2.75) is 46.2 Å². The maximum absolute atomic E-state index is 12.9. The van der Waals surface area contributed by atoms with Crippen LogP contribution in [0.5, 0.6) is 0 Å². The van der Waals surface area contributed by atoms with Crippen LogP contribution in [0, 0.1) is 6.92 Å². The fourth-order valence-electron chi connectivity index (χ4n) is 3.53. The summed E-state index contributed by atoms with van der Waals surface area (Å²) < 4.78 is 1.88. The second kappa shape index (κ2) is 8.74. The number of nitrogens with one attached hydrogen (secondary N) is 1. The van der Waals surface area contributed by atoms with E-state index in [1.54, 1.807) is 6.20 Å². The molecular formula is C23H31N5O. The number of hydrogen-bond donors (Lipinski definition) is 1. The molecule has 1 atom stereocenters. The Labute approximate surface area is 172 Å². The molecule has 1 aromatic carbocycles. The van der Waals surface area contributed by atoms with Gasteiger partial charge in [0, 0.05) is 18.0 Å². The number of amides is 1. The SMILES string of the molecule is CCc1ccc(C(CNC(=O)c2cc3cnn(C(C)C)c3nc2C)N(C)C)cc1. The van der Waals surface area contributed by atoms with Gasteiger partial charge in [-0.1, -0.05) is 31.2 Å². The number of nitrogens with zero attached hydrogens (tertiary/aromatic N) is 4. The highest BCUT2D eigenvalue weighted by Gasteiger charge is 2.19. The fraction of sp³-hybridized carbons (Fsp3) is 0.435. The van der Waals surface area contributed by atoms with Crippen LogP contribution >= 0.6 is 0 Å². The molecule has 0 aliphatic carbocycles. The van der Waals surface area contributed by atoms with E-state index in [1.165, 1.54) is 11.1 Å². The smallest absolute Gasteiger partial charge is 0.253 e. The summed E-state index contributed by atoms with van der Waals surface area (Å²) >= 11 is 0. The molecule has 2 heterocycles. The normalized spacial score (nSPS) is 12.7. The molecular weight excluding hydrogens is 362 g/mol. The molecule has 6 heteroatoms. The predicted molar refractivity (Wildman–Crippen MR) is 117 cm³/mol. The van der Waals surface area contributed by atoms with Gasteiger partial charge in [-0.15, -0.1) is 0 Å². The molecule has 6 nitrogen and oxygen atoms in total. The van der Waals surface area contributed by atoms with Gasteiger partial charge in [0.2, 0.25) is 0 Å². The third kappa shape index (κ3) is 4.48. The minimum Gasteiger partial charge on any atom is -0.350 e. The Balaban J connectivity index is 1.78. The summed E-state index contributed by atoms with van der Waals surface area (Å²) in [7, 11) is 4.06. The zero-order valence-corrected chi connectivity index (χ0v) is 18.2. The number of fused-ring (bicyclic) bond motifs is 1. The molecule has 0 radical (unpaired) electrons. The van der Waals surface area contributed by atoms with Crippen LogP contribution in [0.2, 0.25) is 0 Å². The van der Waals surface area contributed by atoms with Gasteiger partial charge in [0.05, 0.1) is 23.5 Å². The number of likely N-dealkylation sites (N-methyl/N-ethyl adjacent to an activating group) is 1. The standard InChI is InChI=1S/C23H31N5O/c1-7-17-8-10-18(11-9-17)21(27(5)6)14-24-23(29)20-12-19-13-25-28(15(2)3)22(19)26-16(20)4/h8-13,15,21H,7,14H2,1-6H3,(H,24,29). The first kappa shape index (κ1) is 21.0. The number of aryl methyl sites for hydroxylation is 2. The van der Waals surface area contributed by atoms with Crippen molar-refractivity contribution in [3.8, 4) is 0 Å². The molecule has 1 N–H and O–H groups in total. The number of carbonyl (C=O) groups is 1. The minimum absolute atomic E-state index is 0.102. The van der Waals surface area contributed by atoms with Crippen molar-refractivity contribution in [2.75, 3.05) is 20.6 Å². The Morgan fingerprint density at radius 2 is 1.90 bits per heavy atom. The van der Waals surface area contributed by atoms with E-state index >= 15 is 0 Å². The highest BCUT2D eigenvalue weighted by molar-refractivity contribution is 5.98. The van der Waals surface area contributed by atoms with E-state index in [4.69, 9.17) is 0 Å². The summed E-state index contributed by atoms with van der Waals surface area (Å²) in [5.41, 5.74) is 4.63. The van der Waals surface area contributed by atoms with Crippen LogP contribution in [0.3, 0.4) is 0 Å². The molecule has 0 spiro atoms. The number of benzene rings is 1. The molecule has 0 aliphatic heterocycles. The highest BCUT2D eigenvalue weighted by Crippen LogP contribution is 2.21. The van der Waals surface area contributed by atoms with Crippen molar-refractivity contribution in [2.24, 2.45) is 0 Å². The third-order valence-corrected chi connectivity index (χ3v) is 5.35. The Bertz CT molecular complexity index is 988. The van der Waals surface area contributed by atoms with Gasteiger partial charge in [-0.3, -0.25) is 4.79 Å². The van der Waals surface area contributed by atoms with Crippen LogP contribution in [0.25, 0.3) is 11.0 Å². The third-order valence-electron chi connectivity index (χ3n) is 5.35. The number of aromatic nitrogens is 3. The lowest BCUT2D eigenvalue weighted by molar-refractivity contribution is 0.0941. The lowest BCUT2D eigenvalue weighted by Gasteiger charge is -2.25. The molecule has 3 rings (SSSR count). The van der Waals surface area contributed by atoms with Gasteiger partial charge in [-0.05, 0) is 58.5 Å². The van der Waals surface area contributed by atoms with Crippen LogP contribution < -0.4 is 5.32 Å². The second-order valence-electron chi connectivity index (χ2n) is 8.00. The molecule has 1 unspecified atom stereocenters. The van der Waals surface area contributed by atoms with Gasteiger partial charge in [-0.25, -0.2) is 9.67 Å². The van der Waals surface area contributed by atoms with Crippen molar-refractivity contribution in [1.82, 2.24) is 25.0 Å². The zero-order chi connectivity index (χ0) is 21.1. The molecule has 29 heavy (non-hydrogen) atoms. The van der Waals surface area contributed by atoms with E-state index in [0.29, 0.717) is 17.8 Å². The van der Waals surface area contributed by atoms with Crippen LogP contribution in [0.15, 0.2) is 36.5 Å². The molecule has 0 bridgehead atoms. The number of carbonyl (C=O) groups excluding carboxylic acids is 1. The largest absolute Gasteiger partial charge is 0.350 e. The number of rotatable bonds is 7. The van der Waals surface area contributed by atoms with Crippen molar-refractivity contribution in [1.29, 1.82) is 0 Å². The van der Waals surface area contributed by atoms with Gasteiger partial charge in [0.15, 0.2) is 5.65 Å². The highest BCUT2D eigenvalue weighted by atomic mass is 16.1. The Kier molecular flexibility index (Phi) is 6.33. The number of hydrogen-bond acceptors (Lipinski definition) is 4. The topological polar surface area (TPSA) is 63.1 Å². The Hall–Kier alpha value is -2.73. The van der Waals surface area contributed by atoms with E-state index in [1.807, 2.05) is 31.8 Å². The minimum atomic E-state index is -0.105. The molecule has 0 fully saturated rings. The quantitative estimate of drug-likeness (QED) is 0.661. The zero-order valence-electron chi connectivity index (χ0n) is 18.2. The maximum atomic E-state index is 12.9. The molecule has 154 valence electrons. The summed E-state index contributed by atoms with van der Waals surface area (Å²) in [6.07, 6.45) is 2.79. The van der Waals surface area contributed by atoms with Crippen LogP contribution in [0.4, 0.5) is 0 Å². The molecule has 0 saturated carbocycles. The van der Waals surface area contributed by atoms with Crippen LogP contribution in [0.1, 0.15) is 60.0 Å². The van der Waals surface area contributed by atoms with Gasteiger partial charge in [0.1, 0.15) is 0 Å². The van der Waals surface area contributed by atoms with Gasteiger partial charge in [0.25, 0.3) is 5.91 Å². The van der Waals surface area contributed by atoms with E-state index in [0.717, 1.165) is 17.5 Å². The van der Waals surface area contributed by atoms with Gasteiger partial charge >= 0.3 is 0 Å². The first-order chi connectivity index (χ1) is 13.8. The van der Waals surface area contributed by atoms with Crippen LogP contribution in [-0.4, -0.2) is 46.2 Å². The average molecular weight is 394 g/mol. The first-order valence-corrected chi connectivity index (χ1v) is 10.2. The predicted octanol–water partition coefficient (Wildman–Crippen LogP) is 3.92. The molecule has 0 aliphatic rings. The van der Waals surface area contributed by atoms with Crippen LogP contribution in [-0.2, 0) is 6.42 Å². The lowest BCUT2D eigenvalue weighted by atomic mass is 10.0. The average Bonchev–Trinajstić information content (AvgIpc) is 3.10. The lowest BCUT2D eigenvalue weighted by Crippen LogP contribution is -2.35. The van der Waals surface area contributed by atoms with Crippen molar-refractivity contribution in [3.63, 3.8) is 0 Å². The summed E-state index contributed by atoms with van der Waals surface area (Å²) in [4.78, 5) is 19.7. The molecule has 0 saturated heterocycles. The molecule has 3 aromatic rings. The van der Waals surface area contributed by atoms with Crippen molar-refractivity contribution in [3.05, 3.63) is 58.9 Å². The van der Waals surface area contributed by atoms with Crippen molar-refractivity contribution >= 4 is 16.9 Å². The summed E-state index contributed by atoms with van der Waals surface area (Å²) in [5.74, 6) is -0.105. The fourth-order valence-corrected chi connectivity index (χ4v) is 3.53.